The van der Waals surface area contributed by atoms with Gasteiger partial charge in [-0.05, 0) is 36.1 Å². The molecule has 1 amide bonds. The summed E-state index contributed by atoms with van der Waals surface area (Å²) < 4.78 is 27.6. The van der Waals surface area contributed by atoms with Crippen LogP contribution in [0.4, 0.5) is 11.4 Å². The number of benzene rings is 2. The van der Waals surface area contributed by atoms with Crippen LogP contribution in [0.25, 0.3) is 0 Å². The number of fused-ring (bicyclic) bond motifs is 1. The van der Waals surface area contributed by atoms with Gasteiger partial charge in [-0.15, -0.1) is 0 Å². The van der Waals surface area contributed by atoms with Crippen molar-refractivity contribution in [3.8, 4) is 0 Å². The van der Waals surface area contributed by atoms with Gasteiger partial charge in [-0.3, -0.25) is 9.52 Å². The highest BCUT2D eigenvalue weighted by molar-refractivity contribution is 7.91. The number of carbonyl (C=O) groups is 1. The largest absolute Gasteiger partial charge is 0.312 e. The molecule has 2 aromatic rings. The second-order valence-corrected chi connectivity index (χ2v) is 8.66. The normalized spacial score (nSPS) is 14.2. The predicted octanol–water partition coefficient (Wildman–Crippen LogP) is 3.56. The van der Waals surface area contributed by atoms with Crippen molar-refractivity contribution < 1.29 is 13.2 Å². The molecule has 0 bridgehead atoms. The second kappa shape index (κ2) is 7.50. The Morgan fingerprint density at radius 1 is 1.15 bits per heavy atom. The molecule has 0 spiro atoms. The van der Waals surface area contributed by atoms with Crippen LogP contribution in [-0.4, -0.2) is 20.9 Å². The molecule has 138 valence electrons. The third-order valence-corrected chi connectivity index (χ3v) is 5.70. The first-order valence-electron chi connectivity index (χ1n) is 8.84. The number of nitrogens with zero attached hydrogens (tertiary/aromatic N) is 1. The fourth-order valence-corrected chi connectivity index (χ4v) is 4.38. The maximum Gasteiger partial charge on any atom is 0.236 e. The Morgan fingerprint density at radius 3 is 2.58 bits per heavy atom. The Bertz CT molecular complexity index is 893. The van der Waals surface area contributed by atoms with E-state index in [-0.39, 0.29) is 17.6 Å². The summed E-state index contributed by atoms with van der Waals surface area (Å²) in [5.41, 5.74) is 3.11. The van der Waals surface area contributed by atoms with Crippen molar-refractivity contribution in [1.29, 1.82) is 0 Å². The highest BCUT2D eigenvalue weighted by atomic mass is 32.2. The number of nitrogens with one attached hydrogen (secondary N) is 1. The molecule has 2 aromatic carbocycles. The molecule has 0 saturated carbocycles. The van der Waals surface area contributed by atoms with Gasteiger partial charge in [-0.25, -0.2) is 8.42 Å². The van der Waals surface area contributed by atoms with Crippen molar-refractivity contribution in [2.24, 2.45) is 5.92 Å². The Labute approximate surface area is 155 Å². The highest BCUT2D eigenvalue weighted by Gasteiger charge is 2.25. The van der Waals surface area contributed by atoms with Crippen LogP contribution in [0.1, 0.15) is 31.4 Å². The first kappa shape index (κ1) is 18.5. The quantitative estimate of drug-likeness (QED) is 0.873. The SMILES string of the molecule is CC(C)C(=O)N1CCCc2ccc(NS(=O)(=O)Cc3ccccc3)cc21. The van der Waals surface area contributed by atoms with E-state index >= 15 is 0 Å². The zero-order chi connectivity index (χ0) is 18.7. The zero-order valence-corrected chi connectivity index (χ0v) is 15.9. The summed E-state index contributed by atoms with van der Waals surface area (Å²) in [5, 5.41) is 0. The van der Waals surface area contributed by atoms with Crippen LogP contribution in [0, 0.1) is 5.92 Å². The molecule has 0 unspecified atom stereocenters. The van der Waals surface area contributed by atoms with Gasteiger partial charge in [-0.1, -0.05) is 50.2 Å². The van der Waals surface area contributed by atoms with E-state index in [1.165, 1.54) is 0 Å². The van der Waals surface area contributed by atoms with Crippen LogP contribution in [0.3, 0.4) is 0 Å². The van der Waals surface area contributed by atoms with Crippen molar-refractivity contribution in [3.05, 3.63) is 59.7 Å². The van der Waals surface area contributed by atoms with E-state index in [2.05, 4.69) is 4.72 Å². The molecule has 0 aromatic heterocycles. The topological polar surface area (TPSA) is 66.5 Å². The summed E-state index contributed by atoms with van der Waals surface area (Å²) in [6.45, 7) is 4.43. The molecular formula is C20H24N2O3S. The fraction of sp³-hybridized carbons (Fsp3) is 0.350. The molecule has 0 fully saturated rings. The van der Waals surface area contributed by atoms with Gasteiger partial charge in [0, 0.05) is 18.2 Å². The molecular weight excluding hydrogens is 348 g/mol. The van der Waals surface area contributed by atoms with Crippen LogP contribution in [-0.2, 0) is 27.0 Å². The Hall–Kier alpha value is -2.34. The highest BCUT2D eigenvalue weighted by Crippen LogP contribution is 2.31. The van der Waals surface area contributed by atoms with Crippen molar-refractivity contribution in [3.63, 3.8) is 0 Å². The average Bonchev–Trinajstić information content (AvgIpc) is 2.60. The summed E-state index contributed by atoms with van der Waals surface area (Å²) in [7, 11) is -3.52. The number of carbonyl (C=O) groups excluding carboxylic acids is 1. The molecule has 0 radical (unpaired) electrons. The number of hydrogen-bond donors (Lipinski definition) is 1. The van der Waals surface area contributed by atoms with Gasteiger partial charge in [0.05, 0.1) is 11.4 Å². The van der Waals surface area contributed by atoms with Crippen LogP contribution in [0.15, 0.2) is 48.5 Å². The summed E-state index contributed by atoms with van der Waals surface area (Å²) in [6.07, 6.45) is 1.82. The maximum atomic E-state index is 12.5. The number of amides is 1. The van der Waals surface area contributed by atoms with Gasteiger partial charge in [-0.2, -0.15) is 0 Å². The second-order valence-electron chi connectivity index (χ2n) is 6.94. The molecule has 6 heteroatoms. The Kier molecular flexibility index (Phi) is 5.32. The number of hydrogen-bond acceptors (Lipinski definition) is 3. The van der Waals surface area contributed by atoms with Crippen LogP contribution in [0.2, 0.25) is 0 Å². The van der Waals surface area contributed by atoms with E-state index < -0.39 is 10.0 Å². The van der Waals surface area contributed by atoms with Crippen LogP contribution in [0.5, 0.6) is 0 Å². The van der Waals surface area contributed by atoms with E-state index in [0.717, 1.165) is 29.7 Å². The third-order valence-electron chi connectivity index (χ3n) is 4.44. The van der Waals surface area contributed by atoms with Gasteiger partial charge in [0.15, 0.2) is 0 Å². The van der Waals surface area contributed by atoms with E-state index in [9.17, 15) is 13.2 Å². The lowest BCUT2D eigenvalue weighted by Gasteiger charge is -2.31. The molecule has 5 nitrogen and oxygen atoms in total. The van der Waals surface area contributed by atoms with Crippen molar-refractivity contribution in [1.82, 2.24) is 0 Å². The van der Waals surface area contributed by atoms with E-state index in [1.807, 2.05) is 38.1 Å². The summed E-state index contributed by atoms with van der Waals surface area (Å²) in [4.78, 5) is 14.3. The first-order valence-corrected chi connectivity index (χ1v) is 10.5. The molecule has 0 aliphatic carbocycles. The number of sulfonamides is 1. The molecule has 1 aliphatic heterocycles. The smallest absolute Gasteiger partial charge is 0.236 e. The molecule has 0 saturated heterocycles. The van der Waals surface area contributed by atoms with E-state index in [0.29, 0.717) is 12.2 Å². The lowest BCUT2D eigenvalue weighted by molar-refractivity contribution is -0.121. The van der Waals surface area contributed by atoms with Crippen LogP contribution < -0.4 is 9.62 Å². The lowest BCUT2D eigenvalue weighted by atomic mass is 9.99. The minimum absolute atomic E-state index is 0.0650. The van der Waals surface area contributed by atoms with Gasteiger partial charge in [0.2, 0.25) is 15.9 Å². The minimum Gasteiger partial charge on any atom is -0.312 e. The number of aryl methyl sites for hydroxylation is 1. The molecule has 0 atom stereocenters. The number of anilines is 2. The van der Waals surface area contributed by atoms with Crippen molar-refractivity contribution in [2.45, 2.75) is 32.4 Å². The third kappa shape index (κ3) is 4.25. The fourth-order valence-electron chi connectivity index (χ4n) is 3.19. The lowest BCUT2D eigenvalue weighted by Crippen LogP contribution is -2.38. The zero-order valence-electron chi connectivity index (χ0n) is 15.1. The summed E-state index contributed by atoms with van der Waals surface area (Å²) in [6, 6.07) is 14.5. The monoisotopic (exact) mass is 372 g/mol. The predicted molar refractivity (Wildman–Crippen MR) is 105 cm³/mol. The summed E-state index contributed by atoms with van der Waals surface area (Å²) in [5.74, 6) is -0.117. The molecule has 26 heavy (non-hydrogen) atoms. The Balaban J connectivity index is 1.84. The maximum absolute atomic E-state index is 12.5. The van der Waals surface area contributed by atoms with Gasteiger partial charge < -0.3 is 4.90 Å². The van der Waals surface area contributed by atoms with E-state index in [1.54, 1.807) is 29.2 Å². The standard InChI is InChI=1S/C20H24N2O3S/c1-15(2)20(23)22-12-6-9-17-10-11-18(13-19(17)22)21-26(24,25)14-16-7-4-3-5-8-16/h3-5,7-8,10-11,13,15,21H,6,9,12,14H2,1-2H3. The minimum atomic E-state index is -3.52. The van der Waals surface area contributed by atoms with Crippen molar-refractivity contribution >= 4 is 27.3 Å². The molecule has 1 N–H and O–H groups in total. The summed E-state index contributed by atoms with van der Waals surface area (Å²) >= 11 is 0. The van der Waals surface area contributed by atoms with Gasteiger partial charge in [0.1, 0.15) is 0 Å². The average molecular weight is 372 g/mol. The van der Waals surface area contributed by atoms with Gasteiger partial charge >= 0.3 is 0 Å². The molecule has 1 heterocycles. The first-order chi connectivity index (χ1) is 12.4. The molecule has 3 rings (SSSR count). The number of rotatable bonds is 5. The Morgan fingerprint density at radius 2 is 1.88 bits per heavy atom. The van der Waals surface area contributed by atoms with Gasteiger partial charge in [0.25, 0.3) is 0 Å². The van der Waals surface area contributed by atoms with Crippen molar-refractivity contribution in [2.75, 3.05) is 16.2 Å². The van der Waals surface area contributed by atoms with Crippen LogP contribution >= 0.6 is 0 Å². The molecule has 1 aliphatic rings. The van der Waals surface area contributed by atoms with E-state index in [4.69, 9.17) is 0 Å².